The number of nitrogens with zero attached hydrogens (tertiary/aromatic N) is 3. The predicted octanol–water partition coefficient (Wildman–Crippen LogP) is 2.00. The van der Waals surface area contributed by atoms with Crippen LogP contribution in [0.15, 0.2) is 35.4 Å². The van der Waals surface area contributed by atoms with E-state index in [-0.39, 0.29) is 50.0 Å². The number of nitrogens with one attached hydrogen (secondary N) is 1. The molecule has 0 aliphatic rings. The number of carbonyl (C=O) groups is 1. The molecule has 1 unspecified atom stereocenters. The third-order valence-corrected chi connectivity index (χ3v) is 5.78. The number of fused-ring (bicyclic) bond motifs is 1. The summed E-state index contributed by atoms with van der Waals surface area (Å²) >= 11 is 0. The van der Waals surface area contributed by atoms with Crippen LogP contribution in [0.2, 0.25) is 0 Å². The maximum atomic E-state index is 13.0. The van der Waals surface area contributed by atoms with Gasteiger partial charge in [-0.05, 0) is 19.4 Å². The van der Waals surface area contributed by atoms with E-state index in [1.54, 1.807) is 4.57 Å². The number of hydrogen-bond donors (Lipinski definition) is 2. The Hall–Kier alpha value is -2.85. The lowest BCUT2D eigenvalue weighted by atomic mass is 10.2. The van der Waals surface area contributed by atoms with Crippen molar-refractivity contribution in [3.8, 4) is 0 Å². The molecule has 0 saturated carbocycles. The van der Waals surface area contributed by atoms with Gasteiger partial charge in [0.25, 0.3) is 5.56 Å². The number of ether oxygens (including phenoxy) is 1. The molecule has 0 aliphatic carbocycles. The number of benzene rings is 1. The number of aromatic amines is 1. The van der Waals surface area contributed by atoms with Crippen LogP contribution in [-0.2, 0) is 36.3 Å². The van der Waals surface area contributed by atoms with Crippen molar-refractivity contribution in [2.45, 2.75) is 27.0 Å². The first-order valence-corrected chi connectivity index (χ1v) is 11.2. The molecule has 3 rings (SSSR count). The molecule has 0 amide bonds. The van der Waals surface area contributed by atoms with Crippen molar-refractivity contribution in [1.29, 1.82) is 0 Å². The molecule has 31 heavy (non-hydrogen) atoms. The van der Waals surface area contributed by atoms with E-state index < -0.39 is 13.2 Å². The zero-order valence-electron chi connectivity index (χ0n) is 17.2. The van der Waals surface area contributed by atoms with Crippen molar-refractivity contribution < 1.29 is 23.1 Å². The molecule has 0 radical (unpaired) electrons. The van der Waals surface area contributed by atoms with Crippen LogP contribution in [0.4, 0.5) is 5.95 Å². The Morgan fingerprint density at radius 1 is 1.26 bits per heavy atom. The van der Waals surface area contributed by atoms with Gasteiger partial charge in [0, 0.05) is 6.54 Å². The predicted molar refractivity (Wildman–Crippen MR) is 114 cm³/mol. The number of rotatable bonds is 11. The molecule has 0 fully saturated rings. The Balaban J connectivity index is 1.59. The smallest absolute Gasteiger partial charge is 0.356 e. The zero-order chi connectivity index (χ0) is 22.4. The van der Waals surface area contributed by atoms with E-state index in [2.05, 4.69) is 15.0 Å². The summed E-state index contributed by atoms with van der Waals surface area (Å²) in [6, 6.07) is 7.54. The molecule has 3 aromatic rings. The molecule has 2 heterocycles. The standard InChI is InChI=1S/C19H24N5O6P/c1-13-3-5-15(6-4-13)10-30-31(27,29-9-14(2)25)12-28-8-7-24-11-21-16-17(24)22-19(20)23-18(16)26/h3-6,11H,7-10,12H2,1-2H3,(H3,20,22,23,26). The average Bonchev–Trinajstić information content (AvgIpc) is 3.13. The highest BCUT2D eigenvalue weighted by Crippen LogP contribution is 2.48. The molecule has 166 valence electrons. The summed E-state index contributed by atoms with van der Waals surface area (Å²) in [4.78, 5) is 33.5. The molecule has 11 nitrogen and oxygen atoms in total. The van der Waals surface area contributed by atoms with Crippen molar-refractivity contribution in [2.24, 2.45) is 0 Å². The van der Waals surface area contributed by atoms with Crippen LogP contribution in [0.1, 0.15) is 18.1 Å². The Morgan fingerprint density at radius 3 is 2.71 bits per heavy atom. The lowest BCUT2D eigenvalue weighted by Gasteiger charge is -2.18. The summed E-state index contributed by atoms with van der Waals surface area (Å²) in [5.41, 5.74) is 7.52. The van der Waals surface area contributed by atoms with Crippen molar-refractivity contribution in [2.75, 3.05) is 25.3 Å². The van der Waals surface area contributed by atoms with Crippen LogP contribution in [0.5, 0.6) is 0 Å². The number of hydrogen-bond acceptors (Lipinski definition) is 9. The van der Waals surface area contributed by atoms with Gasteiger partial charge in [-0.2, -0.15) is 4.98 Å². The van der Waals surface area contributed by atoms with Crippen LogP contribution >= 0.6 is 7.60 Å². The molecule has 0 aliphatic heterocycles. The second-order valence-electron chi connectivity index (χ2n) is 6.94. The highest BCUT2D eigenvalue weighted by molar-refractivity contribution is 7.53. The van der Waals surface area contributed by atoms with Gasteiger partial charge >= 0.3 is 7.60 Å². The largest absolute Gasteiger partial charge is 0.369 e. The molecule has 3 N–H and O–H groups in total. The fraction of sp³-hybridized carbons (Fsp3) is 0.368. The maximum absolute atomic E-state index is 13.0. The first-order chi connectivity index (χ1) is 14.8. The summed E-state index contributed by atoms with van der Waals surface area (Å²) in [7, 11) is -3.68. The molecular weight excluding hydrogens is 425 g/mol. The van der Waals surface area contributed by atoms with E-state index in [4.69, 9.17) is 19.5 Å². The molecule has 0 bridgehead atoms. The SMILES string of the molecule is CC(=O)COP(=O)(COCCn1cnc2c(=O)[nH]c(N)nc21)OCc1ccc(C)cc1. The van der Waals surface area contributed by atoms with Crippen LogP contribution in [0, 0.1) is 6.92 Å². The Labute approximate surface area is 178 Å². The number of nitrogen functional groups attached to an aromatic ring is 1. The first-order valence-electron chi connectivity index (χ1n) is 9.47. The third-order valence-electron chi connectivity index (χ3n) is 4.23. The van der Waals surface area contributed by atoms with Gasteiger partial charge in [0.2, 0.25) is 5.95 Å². The number of carbonyl (C=O) groups excluding carboxylic acids is 1. The molecule has 2 aromatic heterocycles. The average molecular weight is 449 g/mol. The van der Waals surface area contributed by atoms with Crippen LogP contribution < -0.4 is 11.3 Å². The van der Waals surface area contributed by atoms with Crippen molar-refractivity contribution in [1.82, 2.24) is 19.5 Å². The first kappa shape index (κ1) is 22.8. The number of nitrogens with two attached hydrogens (primary N) is 1. The summed E-state index contributed by atoms with van der Waals surface area (Å²) in [6.45, 7) is 3.39. The highest BCUT2D eigenvalue weighted by Gasteiger charge is 2.26. The van der Waals surface area contributed by atoms with Gasteiger partial charge in [-0.25, -0.2) is 4.98 Å². The van der Waals surface area contributed by atoms with Crippen molar-refractivity contribution in [3.05, 3.63) is 52.1 Å². The van der Waals surface area contributed by atoms with Crippen LogP contribution in [0.25, 0.3) is 11.2 Å². The fourth-order valence-electron chi connectivity index (χ4n) is 2.63. The summed E-state index contributed by atoms with van der Waals surface area (Å²) in [6.07, 6.45) is 1.10. The van der Waals surface area contributed by atoms with Gasteiger partial charge in [-0.15, -0.1) is 0 Å². The highest BCUT2D eigenvalue weighted by atomic mass is 31.2. The van der Waals surface area contributed by atoms with Gasteiger partial charge in [0.05, 0.1) is 19.5 Å². The fourth-order valence-corrected chi connectivity index (χ4v) is 3.93. The minimum Gasteiger partial charge on any atom is -0.369 e. The number of H-pyrrole nitrogens is 1. The lowest BCUT2D eigenvalue weighted by molar-refractivity contribution is -0.119. The van der Waals surface area contributed by atoms with Crippen LogP contribution in [-0.4, -0.2) is 44.9 Å². The second-order valence-corrected chi connectivity index (χ2v) is 8.94. The van der Waals surface area contributed by atoms with E-state index in [9.17, 15) is 14.2 Å². The monoisotopic (exact) mass is 449 g/mol. The molecule has 12 heteroatoms. The summed E-state index contributed by atoms with van der Waals surface area (Å²) < 4.78 is 30.9. The molecule has 1 aromatic carbocycles. The molecule has 0 saturated heterocycles. The molecule has 1 atom stereocenters. The van der Waals surface area contributed by atoms with Crippen molar-refractivity contribution in [3.63, 3.8) is 0 Å². The normalized spacial score (nSPS) is 13.4. The molecule has 0 spiro atoms. The summed E-state index contributed by atoms with van der Waals surface area (Å²) in [5.74, 6) is -0.301. The van der Waals surface area contributed by atoms with E-state index >= 15 is 0 Å². The topological polar surface area (TPSA) is 151 Å². The van der Waals surface area contributed by atoms with Gasteiger partial charge in [0.1, 0.15) is 13.0 Å². The Bertz CT molecular complexity index is 1160. The van der Waals surface area contributed by atoms with Gasteiger partial charge in [-0.3, -0.25) is 23.7 Å². The Kier molecular flexibility index (Phi) is 7.34. The Morgan fingerprint density at radius 2 is 2.00 bits per heavy atom. The van der Waals surface area contributed by atoms with Crippen molar-refractivity contribution >= 4 is 30.5 Å². The maximum Gasteiger partial charge on any atom is 0.356 e. The van der Waals surface area contributed by atoms with E-state index in [1.807, 2.05) is 31.2 Å². The molecular formula is C19H24N5O6P. The van der Waals surface area contributed by atoms with Gasteiger partial charge < -0.3 is 19.6 Å². The van der Waals surface area contributed by atoms with E-state index in [1.165, 1.54) is 13.3 Å². The van der Waals surface area contributed by atoms with E-state index in [0.29, 0.717) is 5.65 Å². The zero-order valence-corrected chi connectivity index (χ0v) is 18.1. The second kappa shape index (κ2) is 9.97. The lowest BCUT2D eigenvalue weighted by Crippen LogP contribution is -2.14. The number of aromatic nitrogens is 4. The number of ketones is 1. The van der Waals surface area contributed by atoms with Gasteiger partial charge in [0.15, 0.2) is 16.9 Å². The minimum absolute atomic E-state index is 0.0215. The third kappa shape index (κ3) is 6.31. The summed E-state index contributed by atoms with van der Waals surface area (Å²) in [5, 5.41) is 0. The van der Waals surface area contributed by atoms with E-state index in [0.717, 1.165) is 11.1 Å². The minimum atomic E-state index is -3.68. The quantitative estimate of drug-likeness (QED) is 0.331. The van der Waals surface area contributed by atoms with Crippen LogP contribution in [0.3, 0.4) is 0 Å². The number of aryl methyl sites for hydroxylation is 1. The van der Waals surface area contributed by atoms with Gasteiger partial charge in [-0.1, -0.05) is 29.8 Å². The number of Topliss-reactive ketones (excluding diaryl/α,β-unsaturated/α-hetero) is 1. The number of anilines is 1. The number of imidazole rings is 1.